The summed E-state index contributed by atoms with van der Waals surface area (Å²) < 4.78 is 29.9. The molecule has 3 N–H and O–H groups in total. The van der Waals surface area contributed by atoms with E-state index in [1.807, 2.05) is 6.92 Å². The SMILES string of the molecule is CC1(Cn2c(=O)n(N)c(=O)c3cc(S(=O)(=O)NC4(C)CC4)ccc32)CC1. The number of nitrogens with one attached hydrogen (secondary N) is 1. The molecule has 0 bridgehead atoms. The van der Waals surface area contributed by atoms with Gasteiger partial charge in [0.15, 0.2) is 0 Å². The van der Waals surface area contributed by atoms with Crippen molar-refractivity contribution in [2.75, 3.05) is 5.84 Å². The summed E-state index contributed by atoms with van der Waals surface area (Å²) in [7, 11) is -3.75. The van der Waals surface area contributed by atoms with Crippen LogP contribution in [-0.4, -0.2) is 23.2 Å². The number of sulfonamides is 1. The van der Waals surface area contributed by atoms with Gasteiger partial charge in [0, 0.05) is 12.1 Å². The molecule has 2 saturated carbocycles. The van der Waals surface area contributed by atoms with E-state index in [4.69, 9.17) is 5.84 Å². The molecular weight excluding hydrogens is 356 g/mol. The molecule has 2 aliphatic rings. The van der Waals surface area contributed by atoms with E-state index in [-0.39, 0.29) is 15.7 Å². The smallest absolute Gasteiger partial charge is 0.332 e. The fourth-order valence-corrected chi connectivity index (χ4v) is 4.61. The summed E-state index contributed by atoms with van der Waals surface area (Å²) in [6.07, 6.45) is 3.57. The van der Waals surface area contributed by atoms with Crippen LogP contribution in [0.3, 0.4) is 0 Å². The van der Waals surface area contributed by atoms with E-state index in [0.717, 1.165) is 25.7 Å². The number of benzene rings is 1. The molecule has 0 aliphatic heterocycles. The third-order valence-electron chi connectivity index (χ3n) is 5.48. The predicted molar refractivity (Wildman–Crippen MR) is 97.9 cm³/mol. The Morgan fingerprint density at radius 1 is 1.15 bits per heavy atom. The molecule has 0 radical (unpaired) electrons. The van der Waals surface area contributed by atoms with Crippen LogP contribution < -0.4 is 21.8 Å². The second-order valence-corrected chi connectivity index (χ2v) is 9.88. The fourth-order valence-electron chi connectivity index (χ4n) is 3.12. The fraction of sp³-hybridized carbons (Fsp3) is 0.529. The van der Waals surface area contributed by atoms with Crippen molar-refractivity contribution in [3.8, 4) is 0 Å². The Labute approximate surface area is 150 Å². The molecule has 9 heteroatoms. The standard InChI is InChI=1S/C17H22N4O4S/c1-16(5-6-16)10-20-13-4-3-11(26(24,25)19-17(2)7-8-17)9-12(13)14(22)21(18)15(20)23/h3-4,9,19H,5-8,10,18H2,1-2H3. The molecule has 2 fully saturated rings. The van der Waals surface area contributed by atoms with E-state index >= 15 is 0 Å². The van der Waals surface area contributed by atoms with Gasteiger partial charge in [-0.3, -0.25) is 9.36 Å². The Balaban J connectivity index is 1.88. The molecule has 0 atom stereocenters. The number of hydrogen-bond donors (Lipinski definition) is 2. The average molecular weight is 378 g/mol. The van der Waals surface area contributed by atoms with Crippen LogP contribution in [0.1, 0.15) is 39.5 Å². The molecule has 0 amide bonds. The van der Waals surface area contributed by atoms with E-state index in [1.54, 1.807) is 0 Å². The highest BCUT2D eigenvalue weighted by molar-refractivity contribution is 7.89. The number of rotatable bonds is 5. The van der Waals surface area contributed by atoms with E-state index in [0.29, 0.717) is 16.7 Å². The van der Waals surface area contributed by atoms with Gasteiger partial charge in [0.25, 0.3) is 5.56 Å². The van der Waals surface area contributed by atoms with Crippen molar-refractivity contribution < 1.29 is 8.42 Å². The highest BCUT2D eigenvalue weighted by Gasteiger charge is 2.41. The topological polar surface area (TPSA) is 116 Å². The number of nitrogen functional groups attached to an aromatic ring is 1. The maximum atomic E-state index is 12.6. The number of nitrogens with zero attached hydrogens (tertiary/aromatic N) is 2. The summed E-state index contributed by atoms with van der Waals surface area (Å²) >= 11 is 0. The summed E-state index contributed by atoms with van der Waals surface area (Å²) in [4.78, 5) is 24.9. The molecule has 8 nitrogen and oxygen atoms in total. The van der Waals surface area contributed by atoms with Gasteiger partial charge in [-0.05, 0) is 56.2 Å². The molecule has 0 spiro atoms. The first-order valence-electron chi connectivity index (χ1n) is 8.62. The number of hydrogen-bond acceptors (Lipinski definition) is 5. The Morgan fingerprint density at radius 2 is 1.81 bits per heavy atom. The van der Waals surface area contributed by atoms with Crippen LogP contribution >= 0.6 is 0 Å². The van der Waals surface area contributed by atoms with E-state index in [1.165, 1.54) is 22.8 Å². The minimum absolute atomic E-state index is 0.00180. The summed E-state index contributed by atoms with van der Waals surface area (Å²) in [5.41, 5.74) is -1.28. The molecule has 0 saturated heterocycles. The maximum Gasteiger partial charge on any atom is 0.350 e. The van der Waals surface area contributed by atoms with Crippen molar-refractivity contribution in [2.45, 2.75) is 56.5 Å². The van der Waals surface area contributed by atoms with Crippen molar-refractivity contribution in [1.82, 2.24) is 14.0 Å². The van der Waals surface area contributed by atoms with Crippen LogP contribution in [0.2, 0.25) is 0 Å². The highest BCUT2D eigenvalue weighted by Crippen LogP contribution is 2.46. The van der Waals surface area contributed by atoms with Crippen LogP contribution in [0.4, 0.5) is 0 Å². The monoisotopic (exact) mass is 378 g/mol. The third-order valence-corrected chi connectivity index (χ3v) is 7.12. The quantitative estimate of drug-likeness (QED) is 0.735. The van der Waals surface area contributed by atoms with Crippen molar-refractivity contribution in [3.05, 3.63) is 39.0 Å². The van der Waals surface area contributed by atoms with Gasteiger partial charge >= 0.3 is 5.69 Å². The molecule has 26 heavy (non-hydrogen) atoms. The maximum absolute atomic E-state index is 12.6. The number of fused-ring (bicyclic) bond motifs is 1. The second-order valence-electron chi connectivity index (χ2n) is 8.20. The first-order chi connectivity index (χ1) is 12.0. The van der Waals surface area contributed by atoms with Crippen molar-refractivity contribution in [1.29, 1.82) is 0 Å². The van der Waals surface area contributed by atoms with E-state index < -0.39 is 26.8 Å². The Bertz CT molecular complexity index is 1140. The zero-order valence-electron chi connectivity index (χ0n) is 14.8. The average Bonchev–Trinajstić information content (AvgIpc) is 3.49. The molecule has 4 rings (SSSR count). The predicted octanol–water partition coefficient (Wildman–Crippen LogP) is 0.508. The summed E-state index contributed by atoms with van der Waals surface area (Å²) in [5, 5.41) is 0.125. The second kappa shape index (κ2) is 5.20. The summed E-state index contributed by atoms with van der Waals surface area (Å²) in [6, 6.07) is 4.26. The molecular formula is C17H22N4O4S. The first-order valence-corrected chi connectivity index (χ1v) is 10.1. The number of nitrogens with two attached hydrogens (primary N) is 1. The van der Waals surface area contributed by atoms with Crippen LogP contribution in [0, 0.1) is 5.41 Å². The largest absolute Gasteiger partial charge is 0.350 e. The lowest BCUT2D eigenvalue weighted by Crippen LogP contribution is -2.45. The van der Waals surface area contributed by atoms with Gasteiger partial charge in [0.1, 0.15) is 0 Å². The van der Waals surface area contributed by atoms with Crippen molar-refractivity contribution >= 4 is 20.9 Å². The lowest BCUT2D eigenvalue weighted by molar-refractivity contribution is 0.453. The van der Waals surface area contributed by atoms with Crippen molar-refractivity contribution in [2.24, 2.45) is 5.41 Å². The van der Waals surface area contributed by atoms with Crippen LogP contribution in [-0.2, 0) is 16.6 Å². The minimum atomic E-state index is -3.75. The highest BCUT2D eigenvalue weighted by atomic mass is 32.2. The third kappa shape index (κ3) is 2.84. The van der Waals surface area contributed by atoms with Gasteiger partial charge < -0.3 is 5.84 Å². The molecule has 2 aromatic rings. The van der Waals surface area contributed by atoms with Crippen LogP contribution in [0.5, 0.6) is 0 Å². The molecule has 0 unspecified atom stereocenters. The van der Waals surface area contributed by atoms with Gasteiger partial charge in [0.2, 0.25) is 10.0 Å². The van der Waals surface area contributed by atoms with Crippen molar-refractivity contribution in [3.63, 3.8) is 0 Å². The van der Waals surface area contributed by atoms with Crippen LogP contribution in [0.25, 0.3) is 10.9 Å². The van der Waals surface area contributed by atoms with Gasteiger partial charge in [-0.15, -0.1) is 0 Å². The normalized spacial score (nSPS) is 20.2. The summed E-state index contributed by atoms with van der Waals surface area (Å²) in [5.74, 6) is 5.66. The van der Waals surface area contributed by atoms with Gasteiger partial charge in [-0.25, -0.2) is 17.9 Å². The zero-order valence-corrected chi connectivity index (χ0v) is 15.6. The first kappa shape index (κ1) is 17.3. The van der Waals surface area contributed by atoms with Gasteiger partial charge in [0.05, 0.1) is 15.8 Å². The molecule has 1 aromatic carbocycles. The van der Waals surface area contributed by atoms with Gasteiger partial charge in [-0.1, -0.05) is 6.92 Å². The lowest BCUT2D eigenvalue weighted by Gasteiger charge is -2.17. The molecule has 140 valence electrons. The van der Waals surface area contributed by atoms with Gasteiger partial charge in [-0.2, -0.15) is 4.68 Å². The number of aromatic nitrogens is 2. The Kier molecular flexibility index (Phi) is 3.46. The molecule has 1 aromatic heterocycles. The molecule has 1 heterocycles. The zero-order chi connectivity index (χ0) is 18.9. The van der Waals surface area contributed by atoms with E-state index in [2.05, 4.69) is 11.6 Å². The Morgan fingerprint density at radius 3 is 2.38 bits per heavy atom. The van der Waals surface area contributed by atoms with Crippen LogP contribution in [0.15, 0.2) is 32.7 Å². The van der Waals surface area contributed by atoms with E-state index in [9.17, 15) is 18.0 Å². The minimum Gasteiger partial charge on any atom is -0.332 e. The molecule has 2 aliphatic carbocycles. The Hall–Kier alpha value is -2.13. The lowest BCUT2D eigenvalue weighted by atomic mass is 10.1. The summed E-state index contributed by atoms with van der Waals surface area (Å²) in [6.45, 7) is 4.35.